The van der Waals surface area contributed by atoms with E-state index in [-0.39, 0.29) is 12.5 Å². The molecule has 1 aromatic carbocycles. The SMILES string of the molecule is Cc1cc(-n2cc(CNC(=O)CN)nn2)cc(C)c1Br. The van der Waals surface area contributed by atoms with Gasteiger partial charge in [0.2, 0.25) is 5.91 Å². The van der Waals surface area contributed by atoms with Crippen LogP contribution in [-0.2, 0) is 11.3 Å². The standard InChI is InChI=1S/C13H16BrN5O/c1-8-3-11(4-9(2)13(8)14)19-7-10(17-18-19)6-16-12(20)5-15/h3-4,7H,5-6,15H2,1-2H3,(H,16,20). The molecule has 1 amide bonds. The van der Waals surface area contributed by atoms with Crippen molar-refractivity contribution in [3.63, 3.8) is 0 Å². The van der Waals surface area contributed by atoms with Gasteiger partial charge in [0.15, 0.2) is 0 Å². The smallest absolute Gasteiger partial charge is 0.234 e. The van der Waals surface area contributed by atoms with E-state index in [2.05, 4.69) is 31.6 Å². The fourth-order valence-electron chi connectivity index (χ4n) is 1.82. The first-order valence-corrected chi connectivity index (χ1v) is 6.95. The van der Waals surface area contributed by atoms with E-state index >= 15 is 0 Å². The van der Waals surface area contributed by atoms with Crippen molar-refractivity contribution in [1.82, 2.24) is 20.3 Å². The van der Waals surface area contributed by atoms with E-state index in [1.54, 1.807) is 10.9 Å². The van der Waals surface area contributed by atoms with E-state index in [0.29, 0.717) is 12.2 Å². The molecule has 106 valence electrons. The van der Waals surface area contributed by atoms with E-state index in [0.717, 1.165) is 21.3 Å². The van der Waals surface area contributed by atoms with Gasteiger partial charge in [0, 0.05) is 4.47 Å². The first kappa shape index (κ1) is 14.7. The summed E-state index contributed by atoms with van der Waals surface area (Å²) in [6, 6.07) is 4.04. The Hall–Kier alpha value is -1.73. The quantitative estimate of drug-likeness (QED) is 0.878. The fourth-order valence-corrected chi connectivity index (χ4v) is 2.05. The summed E-state index contributed by atoms with van der Waals surface area (Å²) in [6.07, 6.45) is 1.79. The molecular formula is C13H16BrN5O. The number of halogens is 1. The van der Waals surface area contributed by atoms with Crippen LogP contribution in [0.4, 0.5) is 0 Å². The molecule has 1 heterocycles. The second-order valence-electron chi connectivity index (χ2n) is 4.53. The Morgan fingerprint density at radius 3 is 2.65 bits per heavy atom. The lowest BCUT2D eigenvalue weighted by Crippen LogP contribution is -2.29. The molecule has 20 heavy (non-hydrogen) atoms. The molecule has 2 rings (SSSR count). The highest BCUT2D eigenvalue weighted by Crippen LogP contribution is 2.24. The topological polar surface area (TPSA) is 85.8 Å². The molecule has 0 aliphatic heterocycles. The van der Waals surface area contributed by atoms with Crippen LogP contribution in [0.5, 0.6) is 0 Å². The van der Waals surface area contributed by atoms with Crippen LogP contribution in [0.1, 0.15) is 16.8 Å². The highest BCUT2D eigenvalue weighted by molar-refractivity contribution is 9.10. The number of carbonyl (C=O) groups excluding carboxylic acids is 1. The molecule has 0 bridgehead atoms. The van der Waals surface area contributed by atoms with Gasteiger partial charge >= 0.3 is 0 Å². The van der Waals surface area contributed by atoms with Gasteiger partial charge < -0.3 is 11.1 Å². The third-order valence-electron chi connectivity index (χ3n) is 2.88. The number of hydrogen-bond donors (Lipinski definition) is 2. The summed E-state index contributed by atoms with van der Waals surface area (Å²) in [5.74, 6) is -0.213. The number of amides is 1. The lowest BCUT2D eigenvalue weighted by atomic mass is 10.1. The van der Waals surface area contributed by atoms with Crippen molar-refractivity contribution in [3.8, 4) is 5.69 Å². The van der Waals surface area contributed by atoms with Gasteiger partial charge in [0.1, 0.15) is 5.69 Å². The zero-order valence-corrected chi connectivity index (χ0v) is 12.9. The second kappa shape index (κ2) is 6.15. The maximum Gasteiger partial charge on any atom is 0.234 e. The Morgan fingerprint density at radius 2 is 2.05 bits per heavy atom. The Kier molecular flexibility index (Phi) is 4.51. The maximum atomic E-state index is 11.1. The number of rotatable bonds is 4. The number of benzene rings is 1. The predicted octanol–water partition coefficient (Wildman–Crippen LogP) is 1.22. The van der Waals surface area contributed by atoms with Crippen LogP contribution in [-0.4, -0.2) is 27.4 Å². The van der Waals surface area contributed by atoms with E-state index in [4.69, 9.17) is 5.73 Å². The van der Waals surface area contributed by atoms with Gasteiger partial charge in [-0.3, -0.25) is 4.79 Å². The van der Waals surface area contributed by atoms with Crippen LogP contribution in [0.15, 0.2) is 22.8 Å². The minimum absolute atomic E-state index is 0.0285. The highest BCUT2D eigenvalue weighted by atomic mass is 79.9. The number of aryl methyl sites for hydroxylation is 2. The summed E-state index contributed by atoms with van der Waals surface area (Å²) < 4.78 is 2.79. The van der Waals surface area contributed by atoms with Crippen molar-refractivity contribution < 1.29 is 4.79 Å². The average Bonchev–Trinajstić information content (AvgIpc) is 2.90. The number of nitrogens with two attached hydrogens (primary N) is 1. The molecule has 3 N–H and O–H groups in total. The van der Waals surface area contributed by atoms with Gasteiger partial charge in [-0.15, -0.1) is 5.10 Å². The Labute approximate surface area is 125 Å². The van der Waals surface area contributed by atoms with Crippen LogP contribution in [0.2, 0.25) is 0 Å². The zero-order valence-electron chi connectivity index (χ0n) is 11.4. The number of carbonyl (C=O) groups is 1. The zero-order chi connectivity index (χ0) is 14.7. The second-order valence-corrected chi connectivity index (χ2v) is 5.32. The van der Waals surface area contributed by atoms with Gasteiger partial charge in [0.05, 0.1) is 25.0 Å². The van der Waals surface area contributed by atoms with Crippen LogP contribution in [0.25, 0.3) is 5.69 Å². The summed E-state index contributed by atoms with van der Waals surface area (Å²) >= 11 is 3.54. The molecule has 0 saturated carbocycles. The first-order chi connectivity index (χ1) is 9.51. The lowest BCUT2D eigenvalue weighted by Gasteiger charge is -2.07. The van der Waals surface area contributed by atoms with Crippen molar-refractivity contribution in [2.75, 3.05) is 6.54 Å². The van der Waals surface area contributed by atoms with E-state index in [1.807, 2.05) is 26.0 Å². The van der Waals surface area contributed by atoms with E-state index < -0.39 is 0 Å². The third-order valence-corrected chi connectivity index (χ3v) is 4.13. The Bertz CT molecular complexity index is 614. The van der Waals surface area contributed by atoms with Crippen LogP contribution in [0, 0.1) is 13.8 Å². The number of nitrogens with zero attached hydrogens (tertiary/aromatic N) is 3. The molecule has 2 aromatic rings. The molecule has 0 spiro atoms. The van der Waals surface area contributed by atoms with Crippen molar-refractivity contribution in [2.45, 2.75) is 20.4 Å². The summed E-state index contributed by atoms with van der Waals surface area (Å²) in [4.78, 5) is 11.1. The molecule has 0 fully saturated rings. The van der Waals surface area contributed by atoms with Gasteiger partial charge in [-0.1, -0.05) is 21.1 Å². The number of hydrogen-bond acceptors (Lipinski definition) is 4. The van der Waals surface area contributed by atoms with Crippen LogP contribution in [0.3, 0.4) is 0 Å². The predicted molar refractivity (Wildman–Crippen MR) is 79.4 cm³/mol. The van der Waals surface area contributed by atoms with Crippen molar-refractivity contribution in [1.29, 1.82) is 0 Å². The molecule has 0 saturated heterocycles. The third kappa shape index (κ3) is 3.23. The summed E-state index contributed by atoms with van der Waals surface area (Å²) in [7, 11) is 0. The molecule has 7 heteroatoms. The fraction of sp³-hybridized carbons (Fsp3) is 0.308. The van der Waals surface area contributed by atoms with Crippen LogP contribution >= 0.6 is 15.9 Å². The average molecular weight is 338 g/mol. The monoisotopic (exact) mass is 337 g/mol. The summed E-state index contributed by atoms with van der Waals surface area (Å²) in [6.45, 7) is 4.35. The summed E-state index contributed by atoms with van der Waals surface area (Å²) in [5.41, 5.74) is 9.11. The molecule has 6 nitrogen and oxygen atoms in total. The molecule has 0 aliphatic carbocycles. The van der Waals surface area contributed by atoms with Gasteiger partial charge in [0.25, 0.3) is 0 Å². The number of nitrogens with one attached hydrogen (secondary N) is 1. The van der Waals surface area contributed by atoms with Crippen molar-refractivity contribution in [3.05, 3.63) is 39.6 Å². The van der Waals surface area contributed by atoms with Crippen molar-refractivity contribution >= 4 is 21.8 Å². The molecule has 0 aliphatic rings. The van der Waals surface area contributed by atoms with Crippen LogP contribution < -0.4 is 11.1 Å². The molecule has 1 aromatic heterocycles. The normalized spacial score (nSPS) is 10.6. The Balaban J connectivity index is 2.18. The highest BCUT2D eigenvalue weighted by Gasteiger charge is 2.07. The molecular weight excluding hydrogens is 322 g/mol. The maximum absolute atomic E-state index is 11.1. The molecule has 0 radical (unpaired) electrons. The van der Waals surface area contributed by atoms with E-state index in [1.165, 1.54) is 0 Å². The minimum atomic E-state index is -0.213. The van der Waals surface area contributed by atoms with E-state index in [9.17, 15) is 4.79 Å². The first-order valence-electron chi connectivity index (χ1n) is 6.16. The Morgan fingerprint density at radius 1 is 1.40 bits per heavy atom. The summed E-state index contributed by atoms with van der Waals surface area (Å²) in [5, 5.41) is 10.8. The largest absolute Gasteiger partial charge is 0.349 e. The molecule has 0 unspecified atom stereocenters. The lowest BCUT2D eigenvalue weighted by molar-refractivity contribution is -0.119. The van der Waals surface area contributed by atoms with Gasteiger partial charge in [-0.2, -0.15) is 0 Å². The van der Waals surface area contributed by atoms with Gasteiger partial charge in [-0.25, -0.2) is 4.68 Å². The molecule has 0 atom stereocenters. The van der Waals surface area contributed by atoms with Gasteiger partial charge in [-0.05, 0) is 37.1 Å². The van der Waals surface area contributed by atoms with Crippen molar-refractivity contribution in [2.24, 2.45) is 5.73 Å². The minimum Gasteiger partial charge on any atom is -0.349 e. The number of aromatic nitrogens is 3.